The van der Waals surface area contributed by atoms with Crippen LogP contribution in [0.4, 0.5) is 18.9 Å². The SMILES string of the molecule is O=C(CSc1nnc2ccc(-c3ccc(-c4ccccc4)cc3)nn12)Nc1ccccc1C(F)(F)F. The van der Waals surface area contributed by atoms with Crippen LogP contribution in [0.3, 0.4) is 0 Å². The van der Waals surface area contributed by atoms with Gasteiger partial charge in [-0.15, -0.1) is 10.2 Å². The number of benzene rings is 3. The first-order valence-electron chi connectivity index (χ1n) is 10.9. The van der Waals surface area contributed by atoms with Crippen molar-refractivity contribution in [3.05, 3.63) is 96.6 Å². The molecule has 5 aromatic rings. The fourth-order valence-electron chi connectivity index (χ4n) is 3.63. The van der Waals surface area contributed by atoms with Gasteiger partial charge in [0.15, 0.2) is 5.65 Å². The molecule has 0 saturated heterocycles. The van der Waals surface area contributed by atoms with Crippen LogP contribution in [0.1, 0.15) is 5.56 Å². The molecule has 0 radical (unpaired) electrons. The molecule has 0 spiro atoms. The lowest BCUT2D eigenvalue weighted by atomic mass is 10.0. The summed E-state index contributed by atoms with van der Waals surface area (Å²) in [5.41, 5.74) is 3.07. The number of anilines is 1. The first-order chi connectivity index (χ1) is 17.4. The first-order valence-corrected chi connectivity index (χ1v) is 11.8. The number of thioether (sulfide) groups is 1. The van der Waals surface area contributed by atoms with Crippen molar-refractivity contribution in [2.24, 2.45) is 0 Å². The molecule has 0 unspecified atom stereocenters. The molecule has 6 nitrogen and oxygen atoms in total. The highest BCUT2D eigenvalue weighted by molar-refractivity contribution is 7.99. The molecule has 2 heterocycles. The van der Waals surface area contributed by atoms with Crippen molar-refractivity contribution in [3.8, 4) is 22.4 Å². The van der Waals surface area contributed by atoms with E-state index in [9.17, 15) is 18.0 Å². The zero-order valence-electron chi connectivity index (χ0n) is 18.6. The second-order valence-corrected chi connectivity index (χ2v) is 8.74. The average molecular weight is 506 g/mol. The van der Waals surface area contributed by atoms with Gasteiger partial charge in [-0.2, -0.15) is 22.8 Å². The third kappa shape index (κ3) is 5.08. The van der Waals surface area contributed by atoms with Gasteiger partial charge < -0.3 is 5.32 Å². The summed E-state index contributed by atoms with van der Waals surface area (Å²) in [7, 11) is 0. The predicted octanol–water partition coefficient (Wildman–Crippen LogP) is 6.21. The zero-order chi connectivity index (χ0) is 25.1. The van der Waals surface area contributed by atoms with Crippen molar-refractivity contribution in [1.29, 1.82) is 0 Å². The van der Waals surface area contributed by atoms with Crippen LogP contribution >= 0.6 is 11.8 Å². The molecule has 0 saturated carbocycles. The molecule has 1 amide bonds. The van der Waals surface area contributed by atoms with Gasteiger partial charge >= 0.3 is 6.18 Å². The van der Waals surface area contributed by atoms with E-state index in [0.717, 1.165) is 34.5 Å². The maximum atomic E-state index is 13.2. The molecule has 1 N–H and O–H groups in total. The van der Waals surface area contributed by atoms with Gasteiger partial charge in [0, 0.05) is 5.56 Å². The molecule has 0 bridgehead atoms. The van der Waals surface area contributed by atoms with Crippen molar-refractivity contribution in [1.82, 2.24) is 19.8 Å². The highest BCUT2D eigenvalue weighted by Gasteiger charge is 2.33. The van der Waals surface area contributed by atoms with Gasteiger partial charge in [-0.1, -0.05) is 78.5 Å². The number of amides is 1. The number of carbonyl (C=O) groups excluding carboxylic acids is 1. The molecule has 0 aliphatic carbocycles. The number of nitrogens with one attached hydrogen (secondary N) is 1. The van der Waals surface area contributed by atoms with Gasteiger partial charge in [-0.25, -0.2) is 0 Å². The summed E-state index contributed by atoms with van der Waals surface area (Å²) < 4.78 is 41.1. The minimum absolute atomic E-state index is 0.162. The van der Waals surface area contributed by atoms with Gasteiger partial charge in [0.1, 0.15) is 0 Å². The Kier molecular flexibility index (Phi) is 6.43. The summed E-state index contributed by atoms with van der Waals surface area (Å²) in [6, 6.07) is 26.4. The fourth-order valence-corrected chi connectivity index (χ4v) is 4.32. The van der Waals surface area contributed by atoms with E-state index < -0.39 is 17.6 Å². The fraction of sp³-hybridized carbons (Fsp3) is 0.0769. The van der Waals surface area contributed by atoms with E-state index in [4.69, 9.17) is 0 Å². The second kappa shape index (κ2) is 9.82. The molecular weight excluding hydrogens is 487 g/mol. The Morgan fingerprint density at radius 3 is 2.22 bits per heavy atom. The average Bonchev–Trinajstić information content (AvgIpc) is 3.30. The molecule has 0 atom stereocenters. The van der Waals surface area contributed by atoms with Crippen molar-refractivity contribution in [3.63, 3.8) is 0 Å². The smallest absolute Gasteiger partial charge is 0.325 e. The van der Waals surface area contributed by atoms with Gasteiger partial charge in [0.2, 0.25) is 11.1 Å². The molecule has 5 rings (SSSR count). The lowest BCUT2D eigenvalue weighted by Gasteiger charge is -2.13. The maximum Gasteiger partial charge on any atom is 0.418 e. The summed E-state index contributed by atoms with van der Waals surface area (Å²) in [5, 5.41) is 15.4. The predicted molar refractivity (Wildman–Crippen MR) is 132 cm³/mol. The summed E-state index contributed by atoms with van der Waals surface area (Å²) >= 11 is 1.03. The number of aromatic nitrogens is 4. The van der Waals surface area contributed by atoms with Crippen molar-refractivity contribution in [2.45, 2.75) is 11.3 Å². The highest BCUT2D eigenvalue weighted by atomic mass is 32.2. The summed E-state index contributed by atoms with van der Waals surface area (Å²) in [6.45, 7) is 0. The van der Waals surface area contributed by atoms with Crippen LogP contribution < -0.4 is 5.32 Å². The van der Waals surface area contributed by atoms with E-state index in [1.165, 1.54) is 22.7 Å². The number of alkyl halides is 3. The molecule has 3 aromatic carbocycles. The number of rotatable bonds is 6. The van der Waals surface area contributed by atoms with Crippen LogP contribution in [-0.4, -0.2) is 31.5 Å². The Bertz CT molecular complexity index is 1520. The molecule has 10 heteroatoms. The zero-order valence-corrected chi connectivity index (χ0v) is 19.4. The van der Waals surface area contributed by atoms with Gasteiger partial charge in [-0.3, -0.25) is 4.79 Å². The summed E-state index contributed by atoms with van der Waals surface area (Å²) in [4.78, 5) is 12.4. The Morgan fingerprint density at radius 1 is 0.806 bits per heavy atom. The largest absolute Gasteiger partial charge is 0.418 e. The van der Waals surface area contributed by atoms with Crippen LogP contribution in [0.25, 0.3) is 28.0 Å². The third-order valence-electron chi connectivity index (χ3n) is 5.36. The Balaban J connectivity index is 1.31. The van der Waals surface area contributed by atoms with E-state index >= 15 is 0 Å². The molecule has 180 valence electrons. The van der Waals surface area contributed by atoms with Crippen molar-refractivity contribution in [2.75, 3.05) is 11.1 Å². The van der Waals surface area contributed by atoms with Crippen LogP contribution in [0.2, 0.25) is 0 Å². The minimum atomic E-state index is -4.57. The molecule has 0 fully saturated rings. The normalized spacial score (nSPS) is 11.5. The number of hydrogen-bond donors (Lipinski definition) is 1. The van der Waals surface area contributed by atoms with Gasteiger partial charge in [-0.05, 0) is 35.4 Å². The molecule has 0 aliphatic rings. The Labute approximate surface area is 208 Å². The quantitative estimate of drug-likeness (QED) is 0.278. The Hall–Kier alpha value is -4.18. The number of carbonyl (C=O) groups is 1. The van der Waals surface area contributed by atoms with E-state index in [1.807, 2.05) is 60.7 Å². The van der Waals surface area contributed by atoms with Gasteiger partial charge in [0.05, 0.1) is 22.7 Å². The number of nitrogens with zero attached hydrogens (tertiary/aromatic N) is 4. The standard InChI is InChI=1S/C26H18F3N5OS/c27-26(28,29)20-8-4-5-9-22(20)30-24(35)16-36-25-32-31-23-15-14-21(33-34(23)25)19-12-10-18(11-13-19)17-6-2-1-3-7-17/h1-15H,16H2,(H,30,35). The van der Waals surface area contributed by atoms with E-state index in [2.05, 4.69) is 20.6 Å². The summed E-state index contributed by atoms with van der Waals surface area (Å²) in [5.74, 6) is -0.758. The van der Waals surface area contributed by atoms with E-state index in [1.54, 1.807) is 6.07 Å². The molecule has 36 heavy (non-hydrogen) atoms. The minimum Gasteiger partial charge on any atom is -0.325 e. The van der Waals surface area contributed by atoms with Crippen molar-refractivity contribution >= 4 is 29.0 Å². The Morgan fingerprint density at radius 2 is 1.47 bits per heavy atom. The molecule has 2 aromatic heterocycles. The monoisotopic (exact) mass is 505 g/mol. The third-order valence-corrected chi connectivity index (χ3v) is 6.28. The first kappa shape index (κ1) is 23.6. The topological polar surface area (TPSA) is 72.2 Å². The number of para-hydroxylation sites is 1. The highest BCUT2D eigenvalue weighted by Crippen LogP contribution is 2.34. The molecular formula is C26H18F3N5OS. The van der Waals surface area contributed by atoms with Crippen molar-refractivity contribution < 1.29 is 18.0 Å². The number of fused-ring (bicyclic) bond motifs is 1. The van der Waals surface area contributed by atoms with Crippen LogP contribution in [0.5, 0.6) is 0 Å². The summed E-state index contributed by atoms with van der Waals surface area (Å²) in [6.07, 6.45) is -4.57. The van der Waals surface area contributed by atoms with Crippen LogP contribution in [0.15, 0.2) is 96.2 Å². The van der Waals surface area contributed by atoms with E-state index in [-0.39, 0.29) is 11.4 Å². The van der Waals surface area contributed by atoms with Crippen LogP contribution in [-0.2, 0) is 11.0 Å². The van der Waals surface area contributed by atoms with Gasteiger partial charge in [0.25, 0.3) is 0 Å². The lowest BCUT2D eigenvalue weighted by molar-refractivity contribution is -0.137. The second-order valence-electron chi connectivity index (χ2n) is 7.79. The number of hydrogen-bond acceptors (Lipinski definition) is 5. The lowest BCUT2D eigenvalue weighted by Crippen LogP contribution is -2.18. The number of halogens is 3. The van der Waals surface area contributed by atoms with Crippen LogP contribution in [0, 0.1) is 0 Å². The van der Waals surface area contributed by atoms with E-state index in [0.29, 0.717) is 16.5 Å². The molecule has 0 aliphatic heterocycles. The maximum absolute atomic E-state index is 13.2.